The van der Waals surface area contributed by atoms with Gasteiger partial charge in [0, 0.05) is 17.1 Å². The monoisotopic (exact) mass is 354 g/mol. The first-order chi connectivity index (χ1) is 12.5. The quantitative estimate of drug-likeness (QED) is 0.671. The van der Waals surface area contributed by atoms with Gasteiger partial charge in [-0.2, -0.15) is 0 Å². The topological polar surface area (TPSA) is 96.7 Å². The van der Waals surface area contributed by atoms with Gasteiger partial charge in [0.05, 0.1) is 11.8 Å². The SMILES string of the molecule is O=C(CN1C(=O)[C@H]2CCCC[C@H]2C1=O)Nc1ccc2oc(=O)ccc2c1. The van der Waals surface area contributed by atoms with E-state index in [0.29, 0.717) is 16.7 Å². The molecule has 7 nitrogen and oxygen atoms in total. The van der Waals surface area contributed by atoms with Crippen molar-refractivity contribution in [2.45, 2.75) is 25.7 Å². The van der Waals surface area contributed by atoms with Gasteiger partial charge < -0.3 is 9.73 Å². The van der Waals surface area contributed by atoms with Crippen LogP contribution in [0.1, 0.15) is 25.7 Å². The Balaban J connectivity index is 1.47. The van der Waals surface area contributed by atoms with E-state index in [4.69, 9.17) is 4.42 Å². The van der Waals surface area contributed by atoms with Crippen molar-refractivity contribution in [3.8, 4) is 0 Å². The molecule has 134 valence electrons. The highest BCUT2D eigenvalue weighted by molar-refractivity contribution is 6.08. The van der Waals surface area contributed by atoms with Gasteiger partial charge in [0.2, 0.25) is 17.7 Å². The van der Waals surface area contributed by atoms with Crippen molar-refractivity contribution < 1.29 is 18.8 Å². The van der Waals surface area contributed by atoms with E-state index >= 15 is 0 Å². The van der Waals surface area contributed by atoms with Gasteiger partial charge >= 0.3 is 5.63 Å². The summed E-state index contributed by atoms with van der Waals surface area (Å²) in [6, 6.07) is 7.78. The summed E-state index contributed by atoms with van der Waals surface area (Å²) in [6.45, 7) is -0.271. The van der Waals surface area contributed by atoms with Gasteiger partial charge in [-0.05, 0) is 37.1 Å². The fraction of sp³-hybridized carbons (Fsp3) is 0.368. The van der Waals surface area contributed by atoms with Crippen molar-refractivity contribution in [3.63, 3.8) is 0 Å². The highest BCUT2D eigenvalue weighted by atomic mass is 16.4. The van der Waals surface area contributed by atoms with Crippen LogP contribution in [0.25, 0.3) is 11.0 Å². The van der Waals surface area contributed by atoms with Gasteiger partial charge in [0.25, 0.3) is 0 Å². The minimum absolute atomic E-state index is 0.227. The lowest BCUT2D eigenvalue weighted by molar-refractivity contribution is -0.142. The molecule has 1 aliphatic heterocycles. The second-order valence-electron chi connectivity index (χ2n) is 6.82. The van der Waals surface area contributed by atoms with Crippen molar-refractivity contribution >= 4 is 34.4 Å². The maximum atomic E-state index is 12.4. The van der Waals surface area contributed by atoms with E-state index < -0.39 is 11.5 Å². The Hall–Kier alpha value is -2.96. The number of rotatable bonds is 3. The summed E-state index contributed by atoms with van der Waals surface area (Å²) in [5.74, 6) is -1.40. The fourth-order valence-corrected chi connectivity index (χ4v) is 3.88. The number of amides is 3. The molecule has 7 heteroatoms. The maximum absolute atomic E-state index is 12.4. The zero-order valence-corrected chi connectivity index (χ0v) is 14.1. The number of likely N-dealkylation sites (tertiary alicyclic amines) is 1. The summed E-state index contributed by atoms with van der Waals surface area (Å²) in [4.78, 5) is 49.5. The Labute approximate surface area is 149 Å². The molecule has 1 N–H and O–H groups in total. The van der Waals surface area contributed by atoms with Crippen molar-refractivity contribution in [2.24, 2.45) is 11.8 Å². The molecular weight excluding hydrogens is 336 g/mol. The minimum atomic E-state index is -0.443. The fourth-order valence-electron chi connectivity index (χ4n) is 3.88. The average molecular weight is 354 g/mol. The molecule has 1 saturated carbocycles. The van der Waals surface area contributed by atoms with Crippen LogP contribution in [0, 0.1) is 11.8 Å². The second kappa shape index (κ2) is 6.40. The summed E-state index contributed by atoms with van der Waals surface area (Å²) in [5.41, 5.74) is 0.485. The Bertz CT molecular complexity index is 940. The molecule has 2 heterocycles. The first kappa shape index (κ1) is 16.5. The minimum Gasteiger partial charge on any atom is -0.423 e. The number of hydrogen-bond donors (Lipinski definition) is 1. The summed E-state index contributed by atoms with van der Waals surface area (Å²) in [7, 11) is 0. The molecule has 1 aromatic carbocycles. The lowest BCUT2D eigenvalue weighted by Gasteiger charge is -2.19. The first-order valence-corrected chi connectivity index (χ1v) is 8.72. The molecule has 1 aliphatic carbocycles. The van der Waals surface area contributed by atoms with Crippen molar-refractivity contribution in [1.29, 1.82) is 0 Å². The number of carbonyl (C=O) groups is 3. The second-order valence-corrected chi connectivity index (χ2v) is 6.82. The number of nitrogens with one attached hydrogen (secondary N) is 1. The number of carbonyl (C=O) groups excluding carboxylic acids is 3. The van der Waals surface area contributed by atoms with E-state index in [1.807, 2.05) is 0 Å². The standard InChI is InChI=1S/C19H18N2O5/c22-16(10-21-18(24)13-3-1-2-4-14(13)19(21)25)20-12-6-7-15-11(9-12)5-8-17(23)26-15/h5-9,13-14H,1-4,10H2,(H,20,22)/t13-,14+. The summed E-state index contributed by atoms with van der Waals surface area (Å²) in [5, 5.41) is 3.36. The van der Waals surface area contributed by atoms with Gasteiger partial charge in [-0.25, -0.2) is 4.79 Å². The molecule has 26 heavy (non-hydrogen) atoms. The number of imide groups is 1. The molecule has 2 atom stereocenters. The van der Waals surface area contributed by atoms with E-state index in [9.17, 15) is 19.2 Å². The third kappa shape index (κ3) is 2.89. The molecule has 1 aromatic heterocycles. The Morgan fingerprint density at radius 1 is 1.04 bits per heavy atom. The van der Waals surface area contributed by atoms with E-state index in [0.717, 1.165) is 30.6 Å². The van der Waals surface area contributed by atoms with Gasteiger partial charge in [0.1, 0.15) is 12.1 Å². The predicted molar refractivity (Wildman–Crippen MR) is 93.3 cm³/mol. The lowest BCUT2D eigenvalue weighted by Crippen LogP contribution is -2.38. The van der Waals surface area contributed by atoms with Crippen molar-refractivity contribution in [1.82, 2.24) is 4.90 Å². The molecule has 0 spiro atoms. The van der Waals surface area contributed by atoms with E-state index in [2.05, 4.69) is 5.32 Å². The molecule has 2 aliphatic rings. The highest BCUT2D eigenvalue weighted by Gasteiger charge is 2.48. The molecule has 4 rings (SSSR count). The van der Waals surface area contributed by atoms with Gasteiger partial charge in [-0.3, -0.25) is 19.3 Å². The van der Waals surface area contributed by atoms with Crippen molar-refractivity contribution in [2.75, 3.05) is 11.9 Å². The van der Waals surface area contributed by atoms with Crippen LogP contribution in [0.5, 0.6) is 0 Å². The molecule has 0 radical (unpaired) electrons. The van der Waals surface area contributed by atoms with Crippen LogP contribution in [0.3, 0.4) is 0 Å². The van der Waals surface area contributed by atoms with Crippen molar-refractivity contribution in [3.05, 3.63) is 40.8 Å². The van der Waals surface area contributed by atoms with Crippen LogP contribution in [-0.4, -0.2) is 29.2 Å². The van der Waals surface area contributed by atoms with Gasteiger partial charge in [-0.1, -0.05) is 12.8 Å². The molecule has 0 unspecified atom stereocenters. The highest BCUT2D eigenvalue weighted by Crippen LogP contribution is 2.37. The number of anilines is 1. The average Bonchev–Trinajstić information content (AvgIpc) is 2.87. The zero-order valence-electron chi connectivity index (χ0n) is 14.1. The molecule has 2 aromatic rings. The summed E-state index contributed by atoms with van der Waals surface area (Å²) >= 11 is 0. The molecular formula is C19H18N2O5. The Morgan fingerprint density at radius 2 is 1.73 bits per heavy atom. The van der Waals surface area contributed by atoms with E-state index in [1.165, 1.54) is 6.07 Å². The van der Waals surface area contributed by atoms with Crippen LogP contribution in [0.4, 0.5) is 5.69 Å². The van der Waals surface area contributed by atoms with Crippen LogP contribution >= 0.6 is 0 Å². The molecule has 1 saturated heterocycles. The lowest BCUT2D eigenvalue weighted by atomic mass is 9.81. The first-order valence-electron chi connectivity index (χ1n) is 8.72. The molecule has 2 fully saturated rings. The van der Waals surface area contributed by atoms with Crippen LogP contribution in [0.15, 0.2) is 39.5 Å². The van der Waals surface area contributed by atoms with Crippen LogP contribution in [-0.2, 0) is 14.4 Å². The molecule has 0 bridgehead atoms. The smallest absolute Gasteiger partial charge is 0.336 e. The largest absolute Gasteiger partial charge is 0.423 e. The summed E-state index contributed by atoms with van der Waals surface area (Å²) < 4.78 is 5.05. The van der Waals surface area contributed by atoms with Gasteiger partial charge in [-0.15, -0.1) is 0 Å². The van der Waals surface area contributed by atoms with Gasteiger partial charge in [0.15, 0.2) is 0 Å². The van der Waals surface area contributed by atoms with E-state index in [1.54, 1.807) is 24.3 Å². The third-order valence-electron chi connectivity index (χ3n) is 5.14. The Morgan fingerprint density at radius 3 is 2.42 bits per heavy atom. The van der Waals surface area contributed by atoms with Crippen LogP contribution in [0.2, 0.25) is 0 Å². The zero-order chi connectivity index (χ0) is 18.3. The number of benzene rings is 1. The predicted octanol–water partition coefficient (Wildman–Crippen LogP) is 1.91. The number of nitrogens with zero attached hydrogens (tertiary/aromatic N) is 1. The van der Waals surface area contributed by atoms with Crippen LogP contribution < -0.4 is 10.9 Å². The molecule has 3 amide bonds. The third-order valence-corrected chi connectivity index (χ3v) is 5.14. The number of hydrogen-bond acceptors (Lipinski definition) is 5. The van der Waals surface area contributed by atoms with E-state index in [-0.39, 0.29) is 30.2 Å². The summed E-state index contributed by atoms with van der Waals surface area (Å²) in [6.07, 6.45) is 3.35. The number of fused-ring (bicyclic) bond motifs is 2. The Kier molecular flexibility index (Phi) is 4.06. The maximum Gasteiger partial charge on any atom is 0.336 e. The normalized spacial score (nSPS) is 22.5.